The Morgan fingerprint density at radius 3 is 2.91 bits per heavy atom. The zero-order valence-corrected chi connectivity index (χ0v) is 20.9. The highest BCUT2D eigenvalue weighted by atomic mass is 32.1. The molecule has 0 saturated carbocycles. The number of methoxy groups -OCH3 is 1. The standard InChI is InChI=1S/C25H32N6O3S/c1-14-3-6-17-22(27)23(35-25(17)28-14)24(32)29-16-5-7-19-15(11-16)4-8-21(30-19)31-12-18(26)20(13-31)34-10-9-33-2/h3-4,6,8,16,18,20H,5,7,9-13,26-27H2,1-2H3,(H,29,32)/t16-,18?,20?/m0/s1. The van der Waals surface area contributed by atoms with E-state index in [4.69, 9.17) is 25.9 Å². The van der Waals surface area contributed by atoms with Crippen LogP contribution in [0.3, 0.4) is 0 Å². The average Bonchev–Trinajstić information content (AvgIpc) is 3.38. The number of nitrogens with one attached hydrogen (secondary N) is 1. The van der Waals surface area contributed by atoms with E-state index in [1.807, 2.05) is 25.1 Å². The molecule has 9 nitrogen and oxygen atoms in total. The molecule has 1 amide bonds. The van der Waals surface area contributed by atoms with Gasteiger partial charge >= 0.3 is 0 Å². The molecule has 3 aromatic rings. The molecule has 5 N–H and O–H groups in total. The number of aromatic nitrogens is 2. The van der Waals surface area contributed by atoms with E-state index in [-0.39, 0.29) is 24.1 Å². The van der Waals surface area contributed by atoms with Crippen molar-refractivity contribution in [2.75, 3.05) is 44.0 Å². The Labute approximate surface area is 208 Å². The molecule has 35 heavy (non-hydrogen) atoms. The first-order chi connectivity index (χ1) is 16.9. The normalized spacial score (nSPS) is 21.9. The van der Waals surface area contributed by atoms with Gasteiger partial charge in [0.1, 0.15) is 15.5 Å². The van der Waals surface area contributed by atoms with E-state index in [1.165, 1.54) is 16.9 Å². The monoisotopic (exact) mass is 496 g/mol. The molecule has 2 aliphatic rings. The Balaban J connectivity index is 1.22. The van der Waals surface area contributed by atoms with E-state index in [0.717, 1.165) is 53.2 Å². The number of rotatable bonds is 7. The number of fused-ring (bicyclic) bond motifs is 2. The van der Waals surface area contributed by atoms with Crippen LogP contribution in [-0.4, -0.2) is 67.5 Å². The third-order valence-electron chi connectivity index (χ3n) is 6.78. The molecule has 4 heterocycles. The van der Waals surface area contributed by atoms with Gasteiger partial charge in [-0.3, -0.25) is 4.79 Å². The summed E-state index contributed by atoms with van der Waals surface area (Å²) < 4.78 is 10.9. The summed E-state index contributed by atoms with van der Waals surface area (Å²) >= 11 is 1.35. The predicted molar refractivity (Wildman–Crippen MR) is 138 cm³/mol. The van der Waals surface area contributed by atoms with Gasteiger partial charge in [0.05, 0.1) is 31.0 Å². The highest BCUT2D eigenvalue weighted by molar-refractivity contribution is 7.21. The number of pyridine rings is 2. The van der Waals surface area contributed by atoms with Gasteiger partial charge in [-0.1, -0.05) is 6.07 Å². The number of hydrogen-bond donors (Lipinski definition) is 3. The van der Waals surface area contributed by atoms with Gasteiger partial charge in [-0.05, 0) is 49.9 Å². The van der Waals surface area contributed by atoms with Gasteiger partial charge in [0.2, 0.25) is 0 Å². The minimum atomic E-state index is -0.133. The van der Waals surface area contributed by atoms with Crippen LogP contribution in [0.15, 0.2) is 24.3 Å². The fraction of sp³-hybridized carbons (Fsp3) is 0.480. The first-order valence-electron chi connectivity index (χ1n) is 12.0. The summed E-state index contributed by atoms with van der Waals surface area (Å²) in [6.07, 6.45) is 2.37. The minimum absolute atomic E-state index is 0.0250. The maximum Gasteiger partial charge on any atom is 0.263 e. The van der Waals surface area contributed by atoms with Crippen LogP contribution in [0.25, 0.3) is 10.2 Å². The summed E-state index contributed by atoms with van der Waals surface area (Å²) in [4.78, 5) is 26.0. The number of anilines is 2. The van der Waals surface area contributed by atoms with Crippen molar-refractivity contribution in [1.29, 1.82) is 0 Å². The van der Waals surface area contributed by atoms with E-state index >= 15 is 0 Å². The summed E-state index contributed by atoms with van der Waals surface area (Å²) in [6.45, 7) is 4.47. The second-order valence-corrected chi connectivity index (χ2v) is 10.3. The van der Waals surface area contributed by atoms with Crippen molar-refractivity contribution in [3.05, 3.63) is 46.1 Å². The van der Waals surface area contributed by atoms with Crippen LogP contribution < -0.4 is 21.7 Å². The Morgan fingerprint density at radius 1 is 1.23 bits per heavy atom. The molecule has 1 aliphatic carbocycles. The summed E-state index contributed by atoms with van der Waals surface area (Å²) in [6, 6.07) is 8.01. The van der Waals surface area contributed by atoms with Crippen LogP contribution in [-0.2, 0) is 22.3 Å². The molecule has 5 rings (SSSR count). The fourth-order valence-electron chi connectivity index (χ4n) is 4.85. The van der Waals surface area contributed by atoms with Crippen molar-refractivity contribution in [2.24, 2.45) is 5.73 Å². The third kappa shape index (κ3) is 4.97. The summed E-state index contributed by atoms with van der Waals surface area (Å²) in [7, 11) is 1.66. The number of carbonyl (C=O) groups excluding carboxylic acids is 1. The largest absolute Gasteiger partial charge is 0.397 e. The Hall–Kier alpha value is -2.79. The van der Waals surface area contributed by atoms with Crippen LogP contribution >= 0.6 is 11.3 Å². The van der Waals surface area contributed by atoms with Crippen molar-refractivity contribution < 1.29 is 14.3 Å². The molecule has 0 spiro atoms. The molecular weight excluding hydrogens is 464 g/mol. The molecule has 0 radical (unpaired) electrons. The quantitative estimate of drug-likeness (QED) is 0.424. The minimum Gasteiger partial charge on any atom is -0.397 e. The Kier molecular flexibility index (Phi) is 6.88. The van der Waals surface area contributed by atoms with E-state index in [0.29, 0.717) is 30.3 Å². The van der Waals surface area contributed by atoms with Crippen LogP contribution in [0, 0.1) is 6.92 Å². The van der Waals surface area contributed by atoms with Gasteiger partial charge in [-0.15, -0.1) is 11.3 Å². The molecule has 10 heteroatoms. The number of amides is 1. The number of ether oxygens (including phenoxy) is 2. The lowest BCUT2D eigenvalue weighted by molar-refractivity contribution is 0.0212. The lowest BCUT2D eigenvalue weighted by Crippen LogP contribution is -2.39. The molecule has 186 valence electrons. The van der Waals surface area contributed by atoms with Crippen molar-refractivity contribution >= 4 is 39.0 Å². The van der Waals surface area contributed by atoms with Gasteiger partial charge in [0.15, 0.2) is 0 Å². The van der Waals surface area contributed by atoms with Crippen molar-refractivity contribution in [3.8, 4) is 0 Å². The zero-order valence-electron chi connectivity index (χ0n) is 20.1. The summed E-state index contributed by atoms with van der Waals surface area (Å²) in [5.41, 5.74) is 16.2. The SMILES string of the molecule is COCCOC1CN(c2ccc3c(n2)CC[C@H](NC(=O)c2sc4nc(C)ccc4c2N)C3)CC1N. The highest BCUT2D eigenvalue weighted by Gasteiger charge is 2.32. The first-order valence-corrected chi connectivity index (χ1v) is 12.8. The van der Waals surface area contributed by atoms with Gasteiger partial charge in [-0.2, -0.15) is 0 Å². The van der Waals surface area contributed by atoms with E-state index in [9.17, 15) is 4.79 Å². The Bertz CT molecular complexity index is 1230. The van der Waals surface area contributed by atoms with E-state index in [1.54, 1.807) is 7.11 Å². The fourth-order valence-corrected chi connectivity index (χ4v) is 5.90. The number of aryl methyl sites for hydroxylation is 2. The summed E-state index contributed by atoms with van der Waals surface area (Å²) in [5.74, 6) is 0.798. The molecule has 1 aliphatic heterocycles. The molecule has 0 bridgehead atoms. The number of nitrogens with zero attached hydrogens (tertiary/aromatic N) is 3. The number of carbonyl (C=O) groups is 1. The maximum atomic E-state index is 13.0. The predicted octanol–water partition coefficient (Wildman–Crippen LogP) is 2.05. The first kappa shape index (κ1) is 23.9. The number of thiophene rings is 1. The van der Waals surface area contributed by atoms with Crippen LogP contribution in [0.4, 0.5) is 11.5 Å². The molecule has 0 aromatic carbocycles. The van der Waals surface area contributed by atoms with Gasteiger partial charge in [-0.25, -0.2) is 9.97 Å². The molecular formula is C25H32N6O3S. The van der Waals surface area contributed by atoms with Crippen LogP contribution in [0.1, 0.15) is 33.0 Å². The number of hydrogen-bond acceptors (Lipinski definition) is 9. The third-order valence-corrected chi connectivity index (χ3v) is 7.89. The summed E-state index contributed by atoms with van der Waals surface area (Å²) in [5, 5.41) is 4.02. The lowest BCUT2D eigenvalue weighted by atomic mass is 9.91. The topological polar surface area (TPSA) is 129 Å². The van der Waals surface area contributed by atoms with Crippen molar-refractivity contribution in [2.45, 2.75) is 44.4 Å². The van der Waals surface area contributed by atoms with Gasteiger partial charge < -0.3 is 31.2 Å². The lowest BCUT2D eigenvalue weighted by Gasteiger charge is -2.26. The second kappa shape index (κ2) is 10.1. The maximum absolute atomic E-state index is 13.0. The Morgan fingerprint density at radius 2 is 2.09 bits per heavy atom. The van der Waals surface area contributed by atoms with Crippen molar-refractivity contribution in [3.63, 3.8) is 0 Å². The molecule has 3 atom stereocenters. The molecule has 2 unspecified atom stereocenters. The highest BCUT2D eigenvalue weighted by Crippen LogP contribution is 2.33. The van der Waals surface area contributed by atoms with Gasteiger partial charge in [0, 0.05) is 43.0 Å². The van der Waals surface area contributed by atoms with Gasteiger partial charge in [0.25, 0.3) is 5.91 Å². The molecule has 1 saturated heterocycles. The second-order valence-electron chi connectivity index (χ2n) is 9.31. The van der Waals surface area contributed by atoms with Crippen LogP contribution in [0.5, 0.6) is 0 Å². The smallest absolute Gasteiger partial charge is 0.263 e. The van der Waals surface area contributed by atoms with Crippen molar-refractivity contribution in [1.82, 2.24) is 15.3 Å². The van der Waals surface area contributed by atoms with E-state index < -0.39 is 0 Å². The zero-order chi connectivity index (χ0) is 24.5. The molecule has 3 aromatic heterocycles. The number of nitrogens with two attached hydrogens (primary N) is 2. The van der Waals surface area contributed by atoms with E-state index in [2.05, 4.69) is 21.3 Å². The van der Waals surface area contributed by atoms with Crippen LogP contribution in [0.2, 0.25) is 0 Å². The average molecular weight is 497 g/mol. The number of nitrogen functional groups attached to an aromatic ring is 1. The molecule has 1 fully saturated rings.